The number of halogens is 1. The van der Waals surface area contributed by atoms with Gasteiger partial charge in [-0.1, -0.05) is 62.2 Å². The van der Waals surface area contributed by atoms with Crippen molar-refractivity contribution in [3.8, 4) is 0 Å². The van der Waals surface area contributed by atoms with Gasteiger partial charge in [-0.2, -0.15) is 0 Å². The fraction of sp³-hybridized carbons (Fsp3) is 0.316. The maximum Gasteiger partial charge on any atom is 0.173 e. The normalized spacial score (nSPS) is 13.7. The van der Waals surface area contributed by atoms with Gasteiger partial charge in [-0.3, -0.25) is 4.79 Å². The molecule has 2 heteroatoms. The molecule has 0 aliphatic heterocycles. The molecule has 0 aromatic heterocycles. The number of Topliss-reactive ketones (excluding diaryl/α,β-unsaturated/α-hetero) is 1. The van der Waals surface area contributed by atoms with E-state index in [1.54, 1.807) is 12.1 Å². The summed E-state index contributed by atoms with van der Waals surface area (Å²) in [6.45, 7) is 5.97. The van der Waals surface area contributed by atoms with Gasteiger partial charge in [0.2, 0.25) is 0 Å². The van der Waals surface area contributed by atoms with Crippen LogP contribution in [0.2, 0.25) is 0 Å². The van der Waals surface area contributed by atoms with E-state index in [0.717, 1.165) is 17.5 Å². The molecule has 2 rings (SSSR count). The molecule has 0 N–H and O–H groups in total. The molecule has 0 radical (unpaired) electrons. The highest BCUT2D eigenvalue weighted by Crippen LogP contribution is 2.31. The van der Waals surface area contributed by atoms with Crippen molar-refractivity contribution in [1.82, 2.24) is 0 Å². The summed E-state index contributed by atoms with van der Waals surface area (Å²) in [6, 6.07) is 14.4. The second-order valence-corrected chi connectivity index (χ2v) is 5.62. The van der Waals surface area contributed by atoms with Crippen LogP contribution in [-0.4, -0.2) is 5.78 Å². The fourth-order valence-electron chi connectivity index (χ4n) is 2.63. The SMILES string of the molecule is CCC(C)C(C(=O)c1cc(C)ccc1F)c1ccccc1. The summed E-state index contributed by atoms with van der Waals surface area (Å²) in [5, 5.41) is 0. The Bertz CT molecular complexity index is 619. The zero-order chi connectivity index (χ0) is 15.4. The zero-order valence-corrected chi connectivity index (χ0v) is 12.8. The van der Waals surface area contributed by atoms with E-state index >= 15 is 0 Å². The van der Waals surface area contributed by atoms with Crippen molar-refractivity contribution in [1.29, 1.82) is 0 Å². The highest BCUT2D eigenvalue weighted by Gasteiger charge is 2.28. The van der Waals surface area contributed by atoms with Crippen LogP contribution in [-0.2, 0) is 0 Å². The molecule has 2 atom stereocenters. The minimum atomic E-state index is -0.435. The molecule has 2 aromatic carbocycles. The maximum atomic E-state index is 14.0. The number of hydrogen-bond acceptors (Lipinski definition) is 1. The molecule has 0 saturated carbocycles. The standard InChI is InChI=1S/C19H21FO/c1-4-14(3)18(15-8-6-5-7-9-15)19(21)16-12-13(2)10-11-17(16)20/h5-12,14,18H,4H2,1-3H3. The van der Waals surface area contributed by atoms with Gasteiger partial charge in [0, 0.05) is 0 Å². The molecule has 0 bridgehead atoms. The van der Waals surface area contributed by atoms with Crippen LogP contribution in [0.15, 0.2) is 48.5 Å². The summed E-state index contributed by atoms with van der Waals surface area (Å²) >= 11 is 0. The van der Waals surface area contributed by atoms with E-state index < -0.39 is 5.82 Å². The van der Waals surface area contributed by atoms with E-state index in [4.69, 9.17) is 0 Å². The second kappa shape index (κ2) is 6.66. The number of carbonyl (C=O) groups is 1. The van der Waals surface area contributed by atoms with Crippen molar-refractivity contribution in [3.63, 3.8) is 0 Å². The smallest absolute Gasteiger partial charge is 0.173 e. The van der Waals surface area contributed by atoms with Gasteiger partial charge < -0.3 is 0 Å². The summed E-state index contributed by atoms with van der Waals surface area (Å²) in [6.07, 6.45) is 0.874. The quantitative estimate of drug-likeness (QED) is 0.694. The van der Waals surface area contributed by atoms with Crippen LogP contribution in [0.4, 0.5) is 4.39 Å². The Kier molecular flexibility index (Phi) is 4.89. The lowest BCUT2D eigenvalue weighted by atomic mass is 9.80. The van der Waals surface area contributed by atoms with Crippen LogP contribution >= 0.6 is 0 Å². The van der Waals surface area contributed by atoms with Crippen LogP contribution in [0.25, 0.3) is 0 Å². The lowest BCUT2D eigenvalue weighted by molar-refractivity contribution is 0.0928. The molecule has 0 aliphatic carbocycles. The third kappa shape index (κ3) is 3.38. The van der Waals surface area contributed by atoms with Gasteiger partial charge in [-0.25, -0.2) is 4.39 Å². The van der Waals surface area contributed by atoms with E-state index in [9.17, 15) is 9.18 Å². The average Bonchev–Trinajstić information content (AvgIpc) is 2.50. The molecule has 0 amide bonds. The van der Waals surface area contributed by atoms with Gasteiger partial charge in [0.15, 0.2) is 5.78 Å². The van der Waals surface area contributed by atoms with Crippen LogP contribution < -0.4 is 0 Å². The molecule has 0 fully saturated rings. The van der Waals surface area contributed by atoms with Crippen molar-refractivity contribution in [3.05, 3.63) is 71.0 Å². The predicted molar refractivity (Wildman–Crippen MR) is 84.1 cm³/mol. The Morgan fingerprint density at radius 3 is 2.43 bits per heavy atom. The summed E-state index contributed by atoms with van der Waals surface area (Å²) in [4.78, 5) is 12.9. The van der Waals surface area contributed by atoms with Gasteiger partial charge in [-0.05, 0) is 30.5 Å². The van der Waals surface area contributed by atoms with E-state index in [-0.39, 0.29) is 23.2 Å². The molecule has 0 spiro atoms. The van der Waals surface area contributed by atoms with Gasteiger partial charge in [0.1, 0.15) is 5.82 Å². The van der Waals surface area contributed by atoms with Crippen LogP contribution in [0.3, 0.4) is 0 Å². The molecule has 0 aliphatic rings. The lowest BCUT2D eigenvalue weighted by Crippen LogP contribution is -2.21. The minimum absolute atomic E-state index is 0.128. The summed E-state index contributed by atoms with van der Waals surface area (Å²) in [7, 11) is 0. The zero-order valence-electron chi connectivity index (χ0n) is 12.8. The van der Waals surface area contributed by atoms with E-state index in [2.05, 4.69) is 6.92 Å². The summed E-state index contributed by atoms with van der Waals surface area (Å²) in [5.41, 5.74) is 2.05. The molecule has 21 heavy (non-hydrogen) atoms. The first-order valence-corrected chi connectivity index (χ1v) is 7.40. The molecule has 2 aromatic rings. The molecular formula is C19H21FO. The molecule has 1 nitrogen and oxygen atoms in total. The van der Waals surface area contributed by atoms with Gasteiger partial charge in [-0.15, -0.1) is 0 Å². The third-order valence-electron chi connectivity index (χ3n) is 4.04. The number of benzene rings is 2. The van der Waals surface area contributed by atoms with E-state index in [1.807, 2.05) is 44.2 Å². The number of hydrogen-bond donors (Lipinski definition) is 0. The first kappa shape index (κ1) is 15.4. The van der Waals surface area contributed by atoms with Gasteiger partial charge in [0.25, 0.3) is 0 Å². The molecule has 0 heterocycles. The van der Waals surface area contributed by atoms with Gasteiger partial charge >= 0.3 is 0 Å². The predicted octanol–water partition coefficient (Wildman–Crippen LogP) is 5.15. The maximum absolute atomic E-state index is 14.0. The van der Waals surface area contributed by atoms with Crippen LogP contribution in [0.1, 0.15) is 47.7 Å². The second-order valence-electron chi connectivity index (χ2n) is 5.62. The average molecular weight is 284 g/mol. The van der Waals surface area contributed by atoms with E-state index in [1.165, 1.54) is 6.07 Å². The van der Waals surface area contributed by atoms with Crippen LogP contribution in [0, 0.1) is 18.7 Å². The van der Waals surface area contributed by atoms with Gasteiger partial charge in [0.05, 0.1) is 11.5 Å². The highest BCUT2D eigenvalue weighted by molar-refractivity contribution is 6.01. The van der Waals surface area contributed by atoms with Crippen molar-refractivity contribution < 1.29 is 9.18 Å². The highest BCUT2D eigenvalue weighted by atomic mass is 19.1. The van der Waals surface area contributed by atoms with E-state index in [0.29, 0.717) is 0 Å². The molecule has 110 valence electrons. The summed E-state index contributed by atoms with van der Waals surface area (Å²) in [5.74, 6) is -0.695. The number of carbonyl (C=O) groups excluding carboxylic acids is 1. The first-order chi connectivity index (χ1) is 10.0. The summed E-state index contributed by atoms with van der Waals surface area (Å²) < 4.78 is 14.0. The Morgan fingerprint density at radius 2 is 1.81 bits per heavy atom. The number of aryl methyl sites for hydroxylation is 1. The Morgan fingerprint density at radius 1 is 1.14 bits per heavy atom. The molecule has 0 saturated heterocycles. The monoisotopic (exact) mass is 284 g/mol. The van der Waals surface area contributed by atoms with Crippen molar-refractivity contribution in [2.75, 3.05) is 0 Å². The topological polar surface area (TPSA) is 17.1 Å². The van der Waals surface area contributed by atoms with Crippen molar-refractivity contribution >= 4 is 5.78 Å². The minimum Gasteiger partial charge on any atom is -0.293 e. The first-order valence-electron chi connectivity index (χ1n) is 7.40. The largest absolute Gasteiger partial charge is 0.293 e. The number of ketones is 1. The van der Waals surface area contributed by atoms with Crippen LogP contribution in [0.5, 0.6) is 0 Å². The lowest BCUT2D eigenvalue weighted by Gasteiger charge is -2.22. The molecule has 2 unspecified atom stereocenters. The number of rotatable bonds is 5. The van der Waals surface area contributed by atoms with Crippen molar-refractivity contribution in [2.45, 2.75) is 33.1 Å². The Balaban J connectivity index is 2.46. The Labute approximate surface area is 125 Å². The Hall–Kier alpha value is -1.96. The third-order valence-corrected chi connectivity index (χ3v) is 4.04. The van der Waals surface area contributed by atoms with Crippen molar-refractivity contribution in [2.24, 2.45) is 5.92 Å². The fourth-order valence-corrected chi connectivity index (χ4v) is 2.63. The molecular weight excluding hydrogens is 263 g/mol.